The van der Waals surface area contributed by atoms with Gasteiger partial charge in [0.2, 0.25) is 0 Å². The van der Waals surface area contributed by atoms with Gasteiger partial charge in [0.25, 0.3) is 5.91 Å². The molecule has 17 heavy (non-hydrogen) atoms. The van der Waals surface area contributed by atoms with E-state index in [1.54, 1.807) is 0 Å². The first kappa shape index (κ1) is 12.7. The second-order valence-corrected chi connectivity index (χ2v) is 5.22. The van der Waals surface area contributed by atoms with E-state index in [4.69, 9.17) is 9.47 Å². The lowest BCUT2D eigenvalue weighted by Gasteiger charge is -2.28. The Bertz CT molecular complexity index is 310. The Morgan fingerprint density at radius 1 is 1.41 bits per heavy atom. The highest BCUT2D eigenvalue weighted by Gasteiger charge is 2.44. The summed E-state index contributed by atoms with van der Waals surface area (Å²) in [4.78, 5) is 23.1. The Balaban J connectivity index is 1.98. The van der Waals surface area contributed by atoms with Gasteiger partial charge in [0.05, 0.1) is 19.8 Å². The SMILES string of the molecule is O=C(N[C@]1(C(=O)O)CCSC1)[C@H]1COCCO1. The average molecular weight is 261 g/mol. The molecule has 2 heterocycles. The van der Waals surface area contributed by atoms with E-state index in [2.05, 4.69) is 5.32 Å². The van der Waals surface area contributed by atoms with E-state index in [1.807, 2.05) is 0 Å². The van der Waals surface area contributed by atoms with Crippen molar-refractivity contribution in [3.8, 4) is 0 Å². The first-order chi connectivity index (χ1) is 8.14. The summed E-state index contributed by atoms with van der Waals surface area (Å²) in [6, 6.07) is 0. The molecule has 2 aliphatic rings. The highest BCUT2D eigenvalue weighted by Crippen LogP contribution is 2.28. The molecule has 2 aliphatic heterocycles. The van der Waals surface area contributed by atoms with Crippen molar-refractivity contribution in [3.05, 3.63) is 0 Å². The highest BCUT2D eigenvalue weighted by molar-refractivity contribution is 7.99. The van der Waals surface area contributed by atoms with Crippen molar-refractivity contribution in [1.29, 1.82) is 0 Å². The van der Waals surface area contributed by atoms with Crippen LogP contribution in [0.4, 0.5) is 0 Å². The molecule has 0 aromatic carbocycles. The van der Waals surface area contributed by atoms with Gasteiger partial charge >= 0.3 is 5.97 Å². The summed E-state index contributed by atoms with van der Waals surface area (Å²) >= 11 is 1.53. The monoisotopic (exact) mass is 261 g/mol. The van der Waals surface area contributed by atoms with Gasteiger partial charge in [0.1, 0.15) is 5.54 Å². The van der Waals surface area contributed by atoms with Gasteiger partial charge in [-0.25, -0.2) is 4.79 Å². The number of thioether (sulfide) groups is 1. The molecule has 2 N–H and O–H groups in total. The number of amides is 1. The van der Waals surface area contributed by atoms with Crippen molar-refractivity contribution in [3.63, 3.8) is 0 Å². The maximum Gasteiger partial charge on any atom is 0.330 e. The summed E-state index contributed by atoms with van der Waals surface area (Å²) in [5.74, 6) is -0.224. The topological polar surface area (TPSA) is 84.9 Å². The van der Waals surface area contributed by atoms with Crippen LogP contribution < -0.4 is 5.32 Å². The lowest BCUT2D eigenvalue weighted by atomic mass is 9.99. The Hall–Kier alpha value is -0.790. The fraction of sp³-hybridized carbons (Fsp3) is 0.800. The van der Waals surface area contributed by atoms with Crippen LogP contribution >= 0.6 is 11.8 Å². The van der Waals surface area contributed by atoms with Gasteiger partial charge in [0, 0.05) is 5.75 Å². The minimum Gasteiger partial charge on any atom is -0.479 e. The third kappa shape index (κ3) is 2.72. The molecule has 0 bridgehead atoms. The molecular weight excluding hydrogens is 246 g/mol. The molecule has 2 saturated heterocycles. The van der Waals surface area contributed by atoms with Crippen LogP contribution in [0.25, 0.3) is 0 Å². The molecule has 0 aromatic heterocycles. The Labute approximate surface area is 103 Å². The largest absolute Gasteiger partial charge is 0.479 e. The molecule has 0 saturated carbocycles. The standard InChI is InChI=1S/C10H15NO5S/c12-8(7-5-15-2-3-16-7)11-10(9(13)14)1-4-17-6-10/h7H,1-6H2,(H,11,12)(H,13,14)/t7-,10-/m1/s1. The predicted molar refractivity (Wildman–Crippen MR) is 61.0 cm³/mol. The van der Waals surface area contributed by atoms with Gasteiger partial charge in [-0.15, -0.1) is 0 Å². The van der Waals surface area contributed by atoms with Crippen molar-refractivity contribution >= 4 is 23.6 Å². The van der Waals surface area contributed by atoms with Crippen molar-refractivity contribution in [2.24, 2.45) is 0 Å². The van der Waals surface area contributed by atoms with Gasteiger partial charge in [-0.3, -0.25) is 4.79 Å². The van der Waals surface area contributed by atoms with E-state index in [0.29, 0.717) is 25.4 Å². The quantitative estimate of drug-likeness (QED) is 0.711. The lowest BCUT2D eigenvalue weighted by Crippen LogP contribution is -2.58. The Morgan fingerprint density at radius 2 is 2.24 bits per heavy atom. The number of rotatable bonds is 3. The zero-order valence-electron chi connectivity index (χ0n) is 9.31. The van der Waals surface area contributed by atoms with Crippen molar-refractivity contribution < 1.29 is 24.2 Å². The number of hydrogen-bond acceptors (Lipinski definition) is 5. The molecule has 0 aliphatic carbocycles. The lowest BCUT2D eigenvalue weighted by molar-refractivity contribution is -0.155. The van der Waals surface area contributed by atoms with Crippen LogP contribution in [0.5, 0.6) is 0 Å². The summed E-state index contributed by atoms with van der Waals surface area (Å²) in [5.41, 5.74) is -1.14. The number of carbonyl (C=O) groups is 2. The van der Waals surface area contributed by atoms with Gasteiger partial charge in [-0.1, -0.05) is 0 Å². The summed E-state index contributed by atoms with van der Waals surface area (Å²) in [5, 5.41) is 11.8. The summed E-state index contributed by atoms with van der Waals surface area (Å²) < 4.78 is 10.4. The molecule has 0 spiro atoms. The van der Waals surface area contributed by atoms with Crippen LogP contribution in [-0.4, -0.2) is 60.0 Å². The van der Waals surface area contributed by atoms with Gasteiger partial charge < -0.3 is 19.9 Å². The number of ether oxygens (including phenoxy) is 2. The maximum atomic E-state index is 11.9. The molecule has 2 fully saturated rings. The molecule has 0 radical (unpaired) electrons. The molecule has 0 unspecified atom stereocenters. The molecule has 0 aromatic rings. The van der Waals surface area contributed by atoms with E-state index in [0.717, 1.165) is 5.75 Å². The number of hydrogen-bond donors (Lipinski definition) is 2. The summed E-state index contributed by atoms with van der Waals surface area (Å²) in [6.07, 6.45) is -0.239. The van der Waals surface area contributed by atoms with Crippen LogP contribution in [0.15, 0.2) is 0 Å². The van der Waals surface area contributed by atoms with Crippen molar-refractivity contribution in [2.45, 2.75) is 18.1 Å². The Morgan fingerprint density at radius 3 is 2.76 bits per heavy atom. The molecule has 96 valence electrons. The van der Waals surface area contributed by atoms with Gasteiger partial charge in [0.15, 0.2) is 6.10 Å². The molecule has 7 heteroatoms. The smallest absolute Gasteiger partial charge is 0.330 e. The van der Waals surface area contributed by atoms with E-state index in [-0.39, 0.29) is 6.61 Å². The molecule has 2 atom stereocenters. The average Bonchev–Trinajstić information content (AvgIpc) is 2.80. The Kier molecular flexibility index (Phi) is 3.90. The fourth-order valence-electron chi connectivity index (χ4n) is 1.84. The van der Waals surface area contributed by atoms with Crippen LogP contribution in [0.3, 0.4) is 0 Å². The van der Waals surface area contributed by atoms with Crippen LogP contribution in [0.2, 0.25) is 0 Å². The zero-order chi connectivity index (χ0) is 12.3. The van der Waals surface area contributed by atoms with Crippen LogP contribution in [0, 0.1) is 0 Å². The molecule has 2 rings (SSSR count). The van der Waals surface area contributed by atoms with E-state index < -0.39 is 23.5 Å². The third-order valence-corrected chi connectivity index (χ3v) is 4.09. The third-order valence-electron chi connectivity index (χ3n) is 2.90. The number of carbonyl (C=O) groups excluding carboxylic acids is 1. The minimum absolute atomic E-state index is 0.189. The first-order valence-electron chi connectivity index (χ1n) is 5.46. The predicted octanol–water partition coefficient (Wildman–Crippen LogP) is -0.522. The molecular formula is C10H15NO5S. The molecule has 1 amide bonds. The fourth-order valence-corrected chi connectivity index (χ4v) is 3.17. The number of nitrogens with one attached hydrogen (secondary N) is 1. The summed E-state index contributed by atoms with van der Waals surface area (Å²) in [6.45, 7) is 1.03. The van der Waals surface area contributed by atoms with Crippen molar-refractivity contribution in [1.82, 2.24) is 5.32 Å². The van der Waals surface area contributed by atoms with E-state index in [9.17, 15) is 14.7 Å². The van der Waals surface area contributed by atoms with Gasteiger partial charge in [-0.05, 0) is 12.2 Å². The highest BCUT2D eigenvalue weighted by atomic mass is 32.2. The second-order valence-electron chi connectivity index (χ2n) is 4.11. The van der Waals surface area contributed by atoms with Crippen molar-refractivity contribution in [2.75, 3.05) is 31.3 Å². The number of carboxylic acid groups (broad SMARTS) is 1. The molecule has 6 nitrogen and oxygen atoms in total. The minimum atomic E-state index is -1.14. The number of carboxylic acids is 1. The zero-order valence-corrected chi connectivity index (χ0v) is 10.1. The first-order valence-corrected chi connectivity index (χ1v) is 6.62. The normalized spacial score (nSPS) is 33.3. The van der Waals surface area contributed by atoms with E-state index in [1.165, 1.54) is 11.8 Å². The second kappa shape index (κ2) is 5.24. The maximum absolute atomic E-state index is 11.9. The van der Waals surface area contributed by atoms with Crippen LogP contribution in [0.1, 0.15) is 6.42 Å². The van der Waals surface area contributed by atoms with Crippen LogP contribution in [-0.2, 0) is 19.1 Å². The van der Waals surface area contributed by atoms with Gasteiger partial charge in [-0.2, -0.15) is 11.8 Å². The summed E-state index contributed by atoms with van der Waals surface area (Å²) in [7, 11) is 0. The van der Waals surface area contributed by atoms with E-state index >= 15 is 0 Å². The number of aliphatic carboxylic acids is 1.